The molecule has 1 heterocycles. The van der Waals surface area contributed by atoms with Gasteiger partial charge in [0.05, 0.1) is 25.4 Å². The number of carbonyl (C=O) groups is 1. The van der Waals surface area contributed by atoms with Gasteiger partial charge in [-0.15, -0.1) is 0 Å². The Morgan fingerprint density at radius 1 is 0.548 bits per heavy atom. The normalized spacial score (nSPS) is 20.8. The Morgan fingerprint density at radius 2 is 0.968 bits per heavy atom. The molecule has 0 saturated carbocycles. The van der Waals surface area contributed by atoms with Crippen molar-refractivity contribution in [1.29, 1.82) is 0 Å². The molecule has 0 spiro atoms. The number of unbranched alkanes of at least 4 members (excludes halogenated alkanes) is 25. The van der Waals surface area contributed by atoms with Crippen molar-refractivity contribution in [3.05, 3.63) is 60.8 Å². The van der Waals surface area contributed by atoms with Crippen LogP contribution in [0.15, 0.2) is 60.8 Å². The fraction of sp³-hybridized carbons (Fsp3) is 0.792. The number of rotatable bonds is 42. The summed E-state index contributed by atoms with van der Waals surface area (Å²) in [6.45, 7) is 3.72. The number of amides is 1. The highest BCUT2D eigenvalue weighted by Crippen LogP contribution is 2.22. The van der Waals surface area contributed by atoms with Crippen LogP contribution in [-0.2, 0) is 14.3 Å². The maximum absolute atomic E-state index is 13.0. The lowest BCUT2D eigenvalue weighted by atomic mass is 9.99. The second-order valence-electron chi connectivity index (χ2n) is 17.6. The van der Waals surface area contributed by atoms with Crippen LogP contribution in [0.4, 0.5) is 0 Å². The second-order valence-corrected chi connectivity index (χ2v) is 17.6. The van der Waals surface area contributed by atoms with Crippen molar-refractivity contribution in [2.45, 2.75) is 256 Å². The van der Waals surface area contributed by atoms with Gasteiger partial charge in [-0.2, -0.15) is 0 Å². The van der Waals surface area contributed by atoms with Crippen LogP contribution >= 0.6 is 0 Å². The number of ether oxygens (including phenoxy) is 2. The molecule has 0 aromatic heterocycles. The van der Waals surface area contributed by atoms with Crippen LogP contribution in [0.2, 0.25) is 0 Å². The molecular formula is C53H95NO8. The molecule has 1 amide bonds. The molecule has 7 atom stereocenters. The van der Waals surface area contributed by atoms with E-state index in [1.165, 1.54) is 141 Å². The second kappa shape index (κ2) is 42.8. The zero-order chi connectivity index (χ0) is 45.1. The molecule has 360 valence electrons. The predicted octanol–water partition coefficient (Wildman–Crippen LogP) is 11.6. The van der Waals surface area contributed by atoms with Crippen molar-refractivity contribution >= 4 is 5.91 Å². The topological polar surface area (TPSA) is 149 Å². The molecule has 9 nitrogen and oxygen atoms in total. The highest BCUT2D eigenvalue weighted by atomic mass is 16.7. The number of carbonyl (C=O) groups excluding carboxylic acids is 1. The molecule has 0 aliphatic carbocycles. The van der Waals surface area contributed by atoms with E-state index in [4.69, 9.17) is 9.47 Å². The lowest BCUT2D eigenvalue weighted by Crippen LogP contribution is -2.60. The van der Waals surface area contributed by atoms with E-state index >= 15 is 0 Å². The smallest absolute Gasteiger partial charge is 0.220 e. The number of allylic oxidation sites excluding steroid dienone is 9. The number of aliphatic hydroxyl groups excluding tert-OH is 5. The Labute approximate surface area is 379 Å². The molecule has 1 rings (SSSR count). The van der Waals surface area contributed by atoms with Crippen LogP contribution in [-0.4, -0.2) is 87.5 Å². The van der Waals surface area contributed by atoms with Gasteiger partial charge in [0.25, 0.3) is 0 Å². The molecule has 0 aromatic carbocycles. The maximum atomic E-state index is 13.0. The van der Waals surface area contributed by atoms with E-state index in [1.807, 2.05) is 6.08 Å². The van der Waals surface area contributed by atoms with Crippen molar-refractivity contribution in [3.8, 4) is 0 Å². The Balaban J connectivity index is 2.35. The summed E-state index contributed by atoms with van der Waals surface area (Å²) in [5.74, 6) is -0.196. The van der Waals surface area contributed by atoms with E-state index in [-0.39, 0.29) is 12.5 Å². The van der Waals surface area contributed by atoms with Gasteiger partial charge >= 0.3 is 0 Å². The Kier molecular flexibility index (Phi) is 40.0. The summed E-state index contributed by atoms with van der Waals surface area (Å²) in [7, 11) is 0. The van der Waals surface area contributed by atoms with E-state index in [9.17, 15) is 30.3 Å². The molecule has 1 aliphatic rings. The summed E-state index contributed by atoms with van der Waals surface area (Å²) in [6, 6.07) is -0.832. The SMILES string of the molecule is CCCCC/C=C\C=C/CCCCCCCCCCCCC(=O)NC(COC1OC(CO)C(O)C(O)C1O)C(O)/C=C/CC/C=C/CC/C=C/CCCCCCCCCCCC. The lowest BCUT2D eigenvalue weighted by molar-refractivity contribution is -0.302. The lowest BCUT2D eigenvalue weighted by Gasteiger charge is -2.40. The van der Waals surface area contributed by atoms with Crippen molar-refractivity contribution in [1.82, 2.24) is 5.32 Å². The standard InChI is InChI=1S/C53H95NO8/c1-3-5-7-9-11-13-15-17-19-21-23-25-26-28-30-32-34-36-38-40-42-47(56)46(45-61-53-52(60)51(59)50(58)48(44-55)62-53)54-49(57)43-41-39-37-35-33-31-29-27-24-22-20-18-16-14-12-10-8-6-4-2/h12,14,16,18,25-26,32,34,40,42,46-48,50-53,55-56,58-60H,3-11,13,15,17,19-24,27-31,33,35-39,41,43-45H2,1-2H3,(H,54,57)/b14-12-,18-16-,26-25+,34-32+,42-40+. The van der Waals surface area contributed by atoms with Gasteiger partial charge in [0.15, 0.2) is 6.29 Å². The number of aliphatic hydroxyl groups is 5. The molecule has 1 aliphatic heterocycles. The highest BCUT2D eigenvalue weighted by Gasteiger charge is 2.44. The number of nitrogens with one attached hydrogen (secondary N) is 1. The van der Waals surface area contributed by atoms with Gasteiger partial charge in [-0.1, -0.05) is 197 Å². The zero-order valence-corrected chi connectivity index (χ0v) is 39.6. The van der Waals surface area contributed by atoms with E-state index < -0.39 is 49.5 Å². The van der Waals surface area contributed by atoms with Crippen LogP contribution in [0.1, 0.15) is 213 Å². The summed E-state index contributed by atoms with van der Waals surface area (Å²) in [4.78, 5) is 13.0. The van der Waals surface area contributed by atoms with Crippen LogP contribution in [0.25, 0.3) is 0 Å². The third-order valence-corrected chi connectivity index (χ3v) is 11.8. The number of hydrogen-bond acceptors (Lipinski definition) is 8. The Morgan fingerprint density at radius 3 is 1.48 bits per heavy atom. The summed E-state index contributed by atoms with van der Waals surface area (Å²) in [5.41, 5.74) is 0. The van der Waals surface area contributed by atoms with Gasteiger partial charge in [0.1, 0.15) is 24.4 Å². The molecule has 9 heteroatoms. The molecule has 7 unspecified atom stereocenters. The third-order valence-electron chi connectivity index (χ3n) is 11.8. The fourth-order valence-corrected chi connectivity index (χ4v) is 7.71. The van der Waals surface area contributed by atoms with Gasteiger partial charge < -0.3 is 40.3 Å². The molecule has 1 saturated heterocycles. The molecule has 0 aromatic rings. The predicted molar refractivity (Wildman–Crippen MR) is 258 cm³/mol. The molecule has 1 fully saturated rings. The average molecular weight is 874 g/mol. The van der Waals surface area contributed by atoms with Gasteiger partial charge in [0.2, 0.25) is 5.91 Å². The van der Waals surface area contributed by atoms with E-state index in [1.54, 1.807) is 6.08 Å². The van der Waals surface area contributed by atoms with Crippen LogP contribution in [0.5, 0.6) is 0 Å². The first-order valence-electron chi connectivity index (χ1n) is 25.5. The first kappa shape index (κ1) is 57.9. The minimum absolute atomic E-state index is 0.196. The van der Waals surface area contributed by atoms with E-state index in [2.05, 4.69) is 67.8 Å². The first-order valence-corrected chi connectivity index (χ1v) is 25.5. The van der Waals surface area contributed by atoms with Crippen LogP contribution < -0.4 is 5.32 Å². The fourth-order valence-electron chi connectivity index (χ4n) is 7.71. The minimum Gasteiger partial charge on any atom is -0.394 e. The van der Waals surface area contributed by atoms with Gasteiger partial charge in [-0.25, -0.2) is 0 Å². The van der Waals surface area contributed by atoms with Crippen molar-refractivity contribution < 1.29 is 39.8 Å². The third kappa shape index (κ3) is 32.5. The van der Waals surface area contributed by atoms with Gasteiger partial charge in [0, 0.05) is 6.42 Å². The van der Waals surface area contributed by atoms with Gasteiger partial charge in [-0.05, 0) is 70.6 Å². The van der Waals surface area contributed by atoms with Crippen molar-refractivity contribution in [2.24, 2.45) is 0 Å². The summed E-state index contributed by atoms with van der Waals surface area (Å²) in [5, 5.41) is 54.3. The summed E-state index contributed by atoms with van der Waals surface area (Å²) in [6.07, 6.45) is 49.8. The van der Waals surface area contributed by atoms with Gasteiger partial charge in [-0.3, -0.25) is 4.79 Å². The monoisotopic (exact) mass is 874 g/mol. The van der Waals surface area contributed by atoms with E-state index in [0.29, 0.717) is 6.42 Å². The highest BCUT2D eigenvalue weighted by molar-refractivity contribution is 5.76. The largest absolute Gasteiger partial charge is 0.394 e. The van der Waals surface area contributed by atoms with Crippen LogP contribution in [0.3, 0.4) is 0 Å². The van der Waals surface area contributed by atoms with E-state index in [0.717, 1.165) is 51.4 Å². The number of hydrogen-bond donors (Lipinski definition) is 6. The van der Waals surface area contributed by atoms with Crippen molar-refractivity contribution in [2.75, 3.05) is 13.2 Å². The molecule has 0 bridgehead atoms. The zero-order valence-electron chi connectivity index (χ0n) is 39.6. The van der Waals surface area contributed by atoms with Crippen molar-refractivity contribution in [3.63, 3.8) is 0 Å². The Hall–Kier alpha value is -2.11. The molecule has 0 radical (unpaired) electrons. The summed E-state index contributed by atoms with van der Waals surface area (Å²) >= 11 is 0. The average Bonchev–Trinajstić information content (AvgIpc) is 3.27. The summed E-state index contributed by atoms with van der Waals surface area (Å²) < 4.78 is 11.2. The minimum atomic E-state index is -1.58. The quantitative estimate of drug-likeness (QED) is 0.0202. The Bertz CT molecular complexity index is 1150. The molecule has 6 N–H and O–H groups in total. The molecule has 62 heavy (non-hydrogen) atoms. The molecular weight excluding hydrogens is 779 g/mol. The maximum Gasteiger partial charge on any atom is 0.220 e. The first-order chi connectivity index (χ1) is 30.3. The van der Waals surface area contributed by atoms with Crippen LogP contribution in [0, 0.1) is 0 Å².